The number of carbonyl (C=O) groups is 3. The van der Waals surface area contributed by atoms with E-state index in [2.05, 4.69) is 11.1 Å². The number of ether oxygens (including phenoxy) is 1. The van der Waals surface area contributed by atoms with Crippen LogP contribution in [-0.4, -0.2) is 76.4 Å². The number of hydrogen-bond acceptors (Lipinski definition) is 8. The van der Waals surface area contributed by atoms with Crippen LogP contribution < -0.4 is 20.4 Å². The van der Waals surface area contributed by atoms with Crippen molar-refractivity contribution in [3.63, 3.8) is 0 Å². The Morgan fingerprint density at radius 2 is 2.00 bits per heavy atom. The zero-order chi connectivity index (χ0) is 21.6. The lowest BCUT2D eigenvalue weighted by molar-refractivity contribution is -0.310. The highest BCUT2D eigenvalue weighted by Crippen LogP contribution is 2.39. The molecule has 2 atom stereocenters. The van der Waals surface area contributed by atoms with Crippen molar-refractivity contribution in [1.29, 1.82) is 0 Å². The molecule has 12 heteroatoms. The SMILES string of the molecule is [NH3+]C(=O)[C@@H]1CN[C@H](C(=O)N2CC(Oc3ccc4c(c3C(=O)O)O[B-](O)(O)CC4)C2)C1. The highest BCUT2D eigenvalue weighted by Gasteiger charge is 2.41. The molecular weight excluding hydrogens is 397 g/mol. The van der Waals surface area contributed by atoms with E-state index in [9.17, 15) is 29.5 Å². The Hall–Kier alpha value is -2.67. The van der Waals surface area contributed by atoms with Gasteiger partial charge in [-0.3, -0.25) is 10.5 Å². The molecule has 1 aromatic rings. The number of carboxylic acids is 1. The number of fused-ring (bicyclic) bond motifs is 1. The minimum atomic E-state index is -3.11. The number of aromatic carboxylic acids is 1. The monoisotopic (exact) mass is 421 g/mol. The largest absolute Gasteiger partial charge is 0.669 e. The fourth-order valence-corrected chi connectivity index (χ4v) is 4.09. The molecule has 0 radical (unpaired) electrons. The summed E-state index contributed by atoms with van der Waals surface area (Å²) in [5.74, 6) is -1.92. The van der Waals surface area contributed by atoms with Crippen LogP contribution in [0.5, 0.6) is 11.5 Å². The number of likely N-dealkylation sites (tertiary alicyclic amines) is 1. The fraction of sp³-hybridized carbons (Fsp3) is 0.500. The summed E-state index contributed by atoms with van der Waals surface area (Å²) in [6, 6.07) is 2.73. The van der Waals surface area contributed by atoms with Gasteiger partial charge in [-0.2, -0.15) is 0 Å². The maximum Gasteiger partial charge on any atom is 0.430 e. The van der Waals surface area contributed by atoms with Gasteiger partial charge in [-0.15, -0.1) is 0 Å². The molecule has 2 saturated heterocycles. The van der Waals surface area contributed by atoms with E-state index in [1.807, 2.05) is 0 Å². The zero-order valence-corrected chi connectivity index (χ0v) is 16.2. The Kier molecular flexibility index (Phi) is 5.18. The van der Waals surface area contributed by atoms with Gasteiger partial charge in [0.2, 0.25) is 5.91 Å². The topological polar surface area (TPSA) is 173 Å². The van der Waals surface area contributed by atoms with Crippen molar-refractivity contribution >= 4 is 24.5 Å². The van der Waals surface area contributed by atoms with E-state index in [1.165, 1.54) is 6.07 Å². The van der Waals surface area contributed by atoms with Crippen LogP contribution in [0.25, 0.3) is 0 Å². The van der Waals surface area contributed by atoms with E-state index in [0.717, 1.165) is 0 Å². The molecular formula is C18H24BN3O8. The first-order chi connectivity index (χ1) is 14.1. The van der Waals surface area contributed by atoms with E-state index < -0.39 is 24.9 Å². The summed E-state index contributed by atoms with van der Waals surface area (Å²) in [6.07, 6.45) is 0.279. The van der Waals surface area contributed by atoms with E-state index in [-0.39, 0.29) is 60.6 Å². The number of nitrogens with zero attached hydrogens (tertiary/aromatic N) is 1. The average molecular weight is 421 g/mol. The smallest absolute Gasteiger partial charge is 0.430 e. The summed E-state index contributed by atoms with van der Waals surface area (Å²) in [6.45, 7) is -2.11. The molecule has 30 heavy (non-hydrogen) atoms. The maximum atomic E-state index is 12.5. The molecule has 1 aromatic carbocycles. The first-order valence-electron chi connectivity index (χ1n) is 9.87. The normalized spacial score (nSPS) is 25.1. The number of benzene rings is 1. The van der Waals surface area contributed by atoms with Gasteiger partial charge in [0, 0.05) is 6.54 Å². The van der Waals surface area contributed by atoms with Crippen LogP contribution in [0.1, 0.15) is 22.3 Å². The summed E-state index contributed by atoms with van der Waals surface area (Å²) in [7, 11) is 0. The predicted octanol–water partition coefficient (Wildman–Crippen LogP) is -2.42. The molecule has 2 amide bonds. The van der Waals surface area contributed by atoms with Gasteiger partial charge in [-0.1, -0.05) is 12.4 Å². The predicted molar refractivity (Wildman–Crippen MR) is 102 cm³/mol. The summed E-state index contributed by atoms with van der Waals surface area (Å²) in [5.41, 5.74) is 3.70. The second kappa shape index (κ2) is 7.54. The number of aryl methyl sites for hydroxylation is 1. The van der Waals surface area contributed by atoms with Gasteiger partial charge in [-0.05, 0) is 24.5 Å². The van der Waals surface area contributed by atoms with E-state index in [4.69, 9.17) is 9.39 Å². The molecule has 4 rings (SSSR count). The molecule has 0 bridgehead atoms. The number of rotatable bonds is 5. The van der Waals surface area contributed by atoms with Gasteiger partial charge < -0.3 is 34.8 Å². The van der Waals surface area contributed by atoms with Gasteiger partial charge in [0.05, 0.1) is 30.8 Å². The van der Waals surface area contributed by atoms with Gasteiger partial charge in [0.25, 0.3) is 0 Å². The van der Waals surface area contributed by atoms with Gasteiger partial charge in [0.1, 0.15) is 17.4 Å². The number of nitrogens with one attached hydrogen (secondary N) is 1. The summed E-state index contributed by atoms with van der Waals surface area (Å²) < 4.78 is 10.9. The van der Waals surface area contributed by atoms with Crippen LogP contribution >= 0.6 is 0 Å². The molecule has 0 saturated carbocycles. The maximum absolute atomic E-state index is 12.5. The molecule has 11 nitrogen and oxygen atoms in total. The molecule has 0 spiro atoms. The molecule has 0 aromatic heterocycles. The lowest BCUT2D eigenvalue weighted by atomic mass is 9.70. The van der Waals surface area contributed by atoms with Gasteiger partial charge in [0.15, 0.2) is 0 Å². The van der Waals surface area contributed by atoms with E-state index in [0.29, 0.717) is 18.5 Å². The number of carbonyl (C=O) groups excluding carboxylic acids is 2. The Balaban J connectivity index is 1.41. The van der Waals surface area contributed by atoms with Crippen molar-refractivity contribution in [3.05, 3.63) is 23.3 Å². The Morgan fingerprint density at radius 1 is 1.27 bits per heavy atom. The molecule has 3 heterocycles. The number of carboxylic acid groups (broad SMARTS) is 1. The van der Waals surface area contributed by atoms with Crippen LogP contribution in [0.3, 0.4) is 0 Å². The van der Waals surface area contributed by atoms with Crippen LogP contribution in [-0.2, 0) is 16.0 Å². The standard InChI is InChI=1S/C18H23BN3O8/c20-16(23)10-5-12(21-6-10)17(24)22-7-11(8-22)29-13-2-1-9-3-4-19(27,28)30-15(9)14(13)18(25)26/h1-2,10-12,21,27-28H,3-8H2,(H2,20,23)(H,25,26)/q-1/p+1/t10-,12-/m0/s1. The van der Waals surface area contributed by atoms with Crippen molar-refractivity contribution in [2.75, 3.05) is 19.6 Å². The van der Waals surface area contributed by atoms with E-state index >= 15 is 0 Å². The lowest BCUT2D eigenvalue weighted by Crippen LogP contribution is -2.61. The molecule has 3 aliphatic heterocycles. The van der Waals surface area contributed by atoms with E-state index in [1.54, 1.807) is 11.0 Å². The highest BCUT2D eigenvalue weighted by molar-refractivity contribution is 6.59. The number of hydrogen-bond donors (Lipinski definition) is 5. The van der Waals surface area contributed by atoms with Crippen molar-refractivity contribution < 1.29 is 44.7 Å². The second-order valence-electron chi connectivity index (χ2n) is 8.09. The van der Waals surface area contributed by atoms with Gasteiger partial charge >= 0.3 is 18.6 Å². The molecule has 7 N–H and O–H groups in total. The zero-order valence-electron chi connectivity index (χ0n) is 16.2. The third-order valence-corrected chi connectivity index (χ3v) is 5.85. The Bertz CT molecular complexity index is 902. The van der Waals surface area contributed by atoms with Crippen molar-refractivity contribution in [3.8, 4) is 11.5 Å². The van der Waals surface area contributed by atoms with Crippen molar-refractivity contribution in [1.82, 2.24) is 10.2 Å². The van der Waals surface area contributed by atoms with Gasteiger partial charge in [-0.25, -0.2) is 9.59 Å². The average Bonchev–Trinajstić information content (AvgIpc) is 3.12. The van der Waals surface area contributed by atoms with Crippen molar-refractivity contribution in [2.45, 2.75) is 31.3 Å². The molecule has 162 valence electrons. The minimum absolute atomic E-state index is 0.0122. The Morgan fingerprint density at radius 3 is 2.63 bits per heavy atom. The quantitative estimate of drug-likeness (QED) is 0.324. The third-order valence-electron chi connectivity index (χ3n) is 5.85. The van der Waals surface area contributed by atoms with Crippen LogP contribution in [0.15, 0.2) is 12.1 Å². The number of quaternary nitrogens is 1. The minimum Gasteiger partial charge on any atom is -0.669 e. The molecule has 0 aliphatic carbocycles. The fourth-order valence-electron chi connectivity index (χ4n) is 4.09. The summed E-state index contributed by atoms with van der Waals surface area (Å²) in [4.78, 5) is 37.3. The van der Waals surface area contributed by atoms with Crippen molar-refractivity contribution in [2.24, 2.45) is 5.92 Å². The summed E-state index contributed by atoms with van der Waals surface area (Å²) >= 11 is 0. The Labute approximate surface area is 171 Å². The molecule has 3 aliphatic rings. The van der Waals surface area contributed by atoms with Crippen LogP contribution in [0.2, 0.25) is 6.32 Å². The molecule has 0 unspecified atom stereocenters. The first kappa shape index (κ1) is 20.6. The first-order valence-corrected chi connectivity index (χ1v) is 9.87. The van der Waals surface area contributed by atoms with Crippen LogP contribution in [0.4, 0.5) is 0 Å². The van der Waals surface area contributed by atoms with Crippen LogP contribution in [0, 0.1) is 5.92 Å². The molecule has 2 fully saturated rings. The summed E-state index contributed by atoms with van der Waals surface area (Å²) in [5, 5.41) is 32.3. The third kappa shape index (κ3) is 3.86. The highest BCUT2D eigenvalue weighted by atomic mass is 16.6. The number of amides is 2. The lowest BCUT2D eigenvalue weighted by Gasteiger charge is -2.41. The second-order valence-corrected chi connectivity index (χ2v) is 8.09.